The Balaban J connectivity index is 1.96. The molecule has 1 aromatic carbocycles. The van der Waals surface area contributed by atoms with Gasteiger partial charge in [-0.25, -0.2) is 4.98 Å². The maximum absolute atomic E-state index is 11.5. The Morgan fingerprint density at radius 1 is 1.46 bits per heavy atom. The molecule has 28 heavy (non-hydrogen) atoms. The van der Waals surface area contributed by atoms with Crippen LogP contribution in [0, 0.1) is 18.3 Å². The van der Waals surface area contributed by atoms with E-state index in [4.69, 9.17) is 10.1 Å². The number of hydrogen-bond donors (Lipinski definition) is 3. The number of fused-ring (bicyclic) bond motifs is 1. The number of aryl methyl sites for hydroxylation is 1. The minimum absolute atomic E-state index is 0.0789. The number of amides is 1. The zero-order valence-electron chi connectivity index (χ0n) is 17.1. The predicted molar refractivity (Wildman–Crippen MR) is 115 cm³/mol. The van der Waals surface area contributed by atoms with Crippen LogP contribution in [0.4, 0.5) is 0 Å². The number of hydrogen-bond acceptors (Lipinski definition) is 6. The summed E-state index contributed by atoms with van der Waals surface area (Å²) in [5, 5.41) is 15.0. The monoisotopic (exact) mass is 400 g/mol. The number of benzene rings is 1. The fourth-order valence-corrected chi connectivity index (χ4v) is 3.98. The van der Waals surface area contributed by atoms with Gasteiger partial charge in [-0.2, -0.15) is 0 Å². The van der Waals surface area contributed by atoms with E-state index < -0.39 is 0 Å². The van der Waals surface area contributed by atoms with Gasteiger partial charge in [0.25, 0.3) is 0 Å². The lowest BCUT2D eigenvalue weighted by Crippen LogP contribution is -2.31. The van der Waals surface area contributed by atoms with E-state index in [1.54, 1.807) is 11.3 Å². The van der Waals surface area contributed by atoms with Crippen molar-refractivity contribution in [3.63, 3.8) is 0 Å². The highest BCUT2D eigenvalue weighted by atomic mass is 32.1. The first-order chi connectivity index (χ1) is 13.2. The van der Waals surface area contributed by atoms with Gasteiger partial charge < -0.3 is 20.8 Å². The van der Waals surface area contributed by atoms with Crippen molar-refractivity contribution in [2.24, 2.45) is 5.92 Å². The molecule has 6 nitrogen and oxygen atoms in total. The van der Waals surface area contributed by atoms with E-state index >= 15 is 0 Å². The lowest BCUT2D eigenvalue weighted by atomic mass is 10.0. The molecule has 2 heterocycles. The number of carbonyl (C=O) groups is 1. The lowest BCUT2D eigenvalue weighted by Gasteiger charge is -2.21. The van der Waals surface area contributed by atoms with E-state index in [-0.39, 0.29) is 23.5 Å². The molecule has 1 aromatic heterocycles. The Morgan fingerprint density at radius 3 is 2.82 bits per heavy atom. The number of nitrogens with one attached hydrogen (secondary N) is 3. The fraction of sp³-hybridized carbons (Fsp3) is 0.476. The minimum Gasteiger partial charge on any atom is -0.489 e. The quantitative estimate of drug-likeness (QED) is 0.642. The normalized spacial score (nSPS) is 18.8. The zero-order chi connectivity index (χ0) is 20.5. The average Bonchev–Trinajstić information content (AvgIpc) is 3.19. The Bertz CT molecular complexity index is 926. The zero-order valence-corrected chi connectivity index (χ0v) is 17.9. The van der Waals surface area contributed by atoms with Crippen LogP contribution in [0.25, 0.3) is 15.8 Å². The summed E-state index contributed by atoms with van der Waals surface area (Å²) < 4.78 is 7.31. The van der Waals surface area contributed by atoms with Gasteiger partial charge in [-0.05, 0) is 52.3 Å². The number of thiazole rings is 1. The van der Waals surface area contributed by atoms with Crippen molar-refractivity contribution in [2.45, 2.75) is 52.7 Å². The molecule has 1 aliphatic heterocycles. The first-order valence-corrected chi connectivity index (χ1v) is 10.3. The molecule has 0 radical (unpaired) electrons. The van der Waals surface area contributed by atoms with Gasteiger partial charge in [-0.1, -0.05) is 0 Å². The third-order valence-electron chi connectivity index (χ3n) is 4.70. The van der Waals surface area contributed by atoms with Crippen molar-refractivity contribution in [1.29, 1.82) is 5.41 Å². The predicted octanol–water partition coefficient (Wildman–Crippen LogP) is 3.89. The van der Waals surface area contributed by atoms with E-state index in [0.717, 1.165) is 32.1 Å². The molecule has 0 bridgehead atoms. The molecule has 1 fully saturated rings. The van der Waals surface area contributed by atoms with Crippen molar-refractivity contribution >= 4 is 39.2 Å². The van der Waals surface area contributed by atoms with Gasteiger partial charge in [0.15, 0.2) is 0 Å². The van der Waals surface area contributed by atoms with Crippen molar-refractivity contribution in [1.82, 2.24) is 15.6 Å². The van der Waals surface area contributed by atoms with E-state index in [9.17, 15) is 4.79 Å². The van der Waals surface area contributed by atoms with Crippen LogP contribution in [-0.2, 0) is 4.79 Å². The summed E-state index contributed by atoms with van der Waals surface area (Å²) in [7, 11) is 0. The third kappa shape index (κ3) is 4.70. The molecule has 0 spiro atoms. The molecule has 2 aromatic rings. The number of rotatable bonds is 6. The number of carbonyl (C=O) groups excluding carboxylic acids is 1. The number of allylic oxidation sites excluding steroid dienone is 1. The summed E-state index contributed by atoms with van der Waals surface area (Å²) in [5.74, 6) is 0.990. The summed E-state index contributed by atoms with van der Waals surface area (Å²) in [6.07, 6.45) is 3.60. The lowest BCUT2D eigenvalue weighted by molar-refractivity contribution is -0.119. The molecular formula is C21H28N4O2S. The van der Waals surface area contributed by atoms with Crippen LogP contribution in [0.2, 0.25) is 0 Å². The summed E-state index contributed by atoms with van der Waals surface area (Å²) in [6, 6.07) is 3.97. The second kappa shape index (κ2) is 7.91. The highest BCUT2D eigenvalue weighted by molar-refractivity contribution is 7.18. The molecule has 1 aliphatic rings. The van der Waals surface area contributed by atoms with Crippen LogP contribution in [0.5, 0.6) is 5.75 Å². The minimum atomic E-state index is -0.0973. The standard InChI is InChI=1S/C21H28N4O2S/c1-12(15-8-19(26)23-10-15)27-18-7-14(6-17-20(18)28-13(2)25-17)16(9-22)11-24-21(3,4)5/h6-7,9,11-12,15,22,24H,8,10H2,1-5H3,(H,23,26)/b16-11+,22-9?/t12-,15-/m0/s1. The molecule has 0 unspecified atom stereocenters. The smallest absolute Gasteiger partial charge is 0.220 e. The Hall–Kier alpha value is -2.41. The third-order valence-corrected chi connectivity index (χ3v) is 5.70. The van der Waals surface area contributed by atoms with E-state index in [1.807, 2.05) is 32.2 Å². The SMILES string of the molecule is Cc1nc2cc(/C(C=N)=C/NC(C)(C)C)cc(O[C@@H](C)[C@@H]3CNC(=O)C3)c2s1. The molecule has 1 amide bonds. The van der Waals surface area contributed by atoms with Crippen LogP contribution >= 0.6 is 11.3 Å². The molecule has 3 N–H and O–H groups in total. The first kappa shape index (κ1) is 20.3. The van der Waals surface area contributed by atoms with Crippen molar-refractivity contribution in [3.05, 3.63) is 28.9 Å². The fourth-order valence-electron chi connectivity index (χ4n) is 3.13. The molecule has 1 saturated heterocycles. The number of ether oxygens (including phenoxy) is 1. The molecule has 0 saturated carbocycles. The van der Waals surface area contributed by atoms with Crippen LogP contribution in [0.3, 0.4) is 0 Å². The molecular weight excluding hydrogens is 372 g/mol. The van der Waals surface area contributed by atoms with E-state index in [0.29, 0.717) is 13.0 Å². The van der Waals surface area contributed by atoms with E-state index in [2.05, 4.69) is 36.4 Å². The maximum Gasteiger partial charge on any atom is 0.220 e. The van der Waals surface area contributed by atoms with Gasteiger partial charge >= 0.3 is 0 Å². The largest absolute Gasteiger partial charge is 0.489 e. The maximum atomic E-state index is 11.5. The Morgan fingerprint density at radius 2 is 2.21 bits per heavy atom. The summed E-state index contributed by atoms with van der Waals surface area (Å²) in [5.41, 5.74) is 2.42. The summed E-state index contributed by atoms with van der Waals surface area (Å²) in [6.45, 7) is 10.9. The molecule has 0 aliphatic carbocycles. The summed E-state index contributed by atoms with van der Waals surface area (Å²) >= 11 is 1.60. The molecule has 150 valence electrons. The highest BCUT2D eigenvalue weighted by Gasteiger charge is 2.28. The van der Waals surface area contributed by atoms with Crippen LogP contribution < -0.4 is 15.4 Å². The molecule has 7 heteroatoms. The van der Waals surface area contributed by atoms with Crippen LogP contribution in [-0.4, -0.2) is 35.3 Å². The van der Waals surface area contributed by atoms with Gasteiger partial charge in [0.1, 0.15) is 11.9 Å². The van der Waals surface area contributed by atoms with Crippen molar-refractivity contribution < 1.29 is 9.53 Å². The Labute approximate surface area is 169 Å². The van der Waals surface area contributed by atoms with E-state index in [1.165, 1.54) is 6.21 Å². The van der Waals surface area contributed by atoms with Crippen molar-refractivity contribution in [2.75, 3.05) is 6.54 Å². The van der Waals surface area contributed by atoms with Gasteiger partial charge in [0.05, 0.1) is 15.2 Å². The second-order valence-corrected chi connectivity index (χ2v) is 9.49. The second-order valence-electron chi connectivity index (χ2n) is 8.29. The van der Waals surface area contributed by atoms with Gasteiger partial charge in [0.2, 0.25) is 5.91 Å². The van der Waals surface area contributed by atoms with Gasteiger partial charge in [-0.15, -0.1) is 11.3 Å². The highest BCUT2D eigenvalue weighted by Crippen LogP contribution is 2.36. The van der Waals surface area contributed by atoms with Gasteiger partial charge in [-0.3, -0.25) is 4.79 Å². The average molecular weight is 401 g/mol. The summed E-state index contributed by atoms with van der Waals surface area (Å²) in [4.78, 5) is 16.2. The molecule has 2 atom stereocenters. The number of aromatic nitrogens is 1. The first-order valence-electron chi connectivity index (χ1n) is 9.49. The van der Waals surface area contributed by atoms with Gasteiger partial charge in [0, 0.05) is 42.4 Å². The van der Waals surface area contributed by atoms with Crippen LogP contribution in [0.1, 0.15) is 44.7 Å². The van der Waals surface area contributed by atoms with Crippen molar-refractivity contribution in [3.8, 4) is 5.75 Å². The number of nitrogens with zero attached hydrogens (tertiary/aromatic N) is 1. The molecule has 3 rings (SSSR count). The van der Waals surface area contributed by atoms with Crippen LogP contribution in [0.15, 0.2) is 18.3 Å². The topological polar surface area (TPSA) is 87.1 Å². The Kier molecular flexibility index (Phi) is 5.74.